The number of likely N-dealkylation sites (tertiary alicyclic amines) is 1. The van der Waals surface area contributed by atoms with E-state index in [1.54, 1.807) is 0 Å². The quantitative estimate of drug-likeness (QED) is 0.717. The van der Waals surface area contributed by atoms with Gasteiger partial charge in [-0.3, -0.25) is 14.6 Å². The lowest BCUT2D eigenvalue weighted by atomic mass is 10.00. The van der Waals surface area contributed by atoms with E-state index in [0.717, 1.165) is 58.5 Å². The molecule has 2 heterocycles. The molecule has 2 rings (SSSR count). The molecule has 0 unspecified atom stereocenters. The molecule has 0 bridgehead atoms. The molecule has 0 aromatic heterocycles. The molecule has 1 N–H and O–H groups in total. The summed E-state index contributed by atoms with van der Waals surface area (Å²) in [5.41, 5.74) is 0. The molecule has 2 saturated heterocycles. The Kier molecular flexibility index (Phi) is 7.63. The molecule has 0 saturated carbocycles. The Morgan fingerprint density at radius 2 is 1.86 bits per heavy atom. The van der Waals surface area contributed by atoms with Crippen molar-refractivity contribution >= 4 is 5.91 Å². The van der Waals surface area contributed by atoms with Crippen LogP contribution in [0.1, 0.15) is 45.4 Å². The first-order valence-corrected chi connectivity index (χ1v) is 9.09. The number of hydrogen-bond acceptors (Lipinski definition) is 4. The highest BCUT2D eigenvalue weighted by molar-refractivity contribution is 5.78. The first kappa shape index (κ1) is 17.7. The van der Waals surface area contributed by atoms with Crippen molar-refractivity contribution in [3.05, 3.63) is 0 Å². The second kappa shape index (κ2) is 9.48. The first-order chi connectivity index (χ1) is 10.7. The van der Waals surface area contributed by atoms with E-state index in [-0.39, 0.29) is 6.61 Å². The summed E-state index contributed by atoms with van der Waals surface area (Å²) < 4.78 is 0. The Morgan fingerprint density at radius 1 is 1.09 bits per heavy atom. The van der Waals surface area contributed by atoms with Crippen molar-refractivity contribution in [2.75, 3.05) is 52.4 Å². The minimum absolute atomic E-state index is 0.285. The van der Waals surface area contributed by atoms with Gasteiger partial charge in [-0.2, -0.15) is 0 Å². The van der Waals surface area contributed by atoms with Crippen LogP contribution in [0.3, 0.4) is 0 Å². The average molecular weight is 311 g/mol. The second-order valence-electron chi connectivity index (χ2n) is 6.68. The number of carbonyl (C=O) groups is 1. The number of amides is 1. The highest BCUT2D eigenvalue weighted by Gasteiger charge is 2.26. The lowest BCUT2D eigenvalue weighted by Crippen LogP contribution is -2.52. The van der Waals surface area contributed by atoms with Gasteiger partial charge in [0.2, 0.25) is 5.91 Å². The molecule has 0 aliphatic carbocycles. The SMILES string of the molecule is CC[C@H]1CCCCN1CC(=O)N1CCN(CCCCO)CC1. The molecule has 1 atom stereocenters. The molecule has 2 aliphatic rings. The van der Waals surface area contributed by atoms with Gasteiger partial charge in [-0.15, -0.1) is 0 Å². The Labute approximate surface area is 135 Å². The fourth-order valence-electron chi connectivity index (χ4n) is 3.67. The summed E-state index contributed by atoms with van der Waals surface area (Å²) in [4.78, 5) is 19.4. The molecule has 5 heteroatoms. The lowest BCUT2D eigenvalue weighted by molar-refractivity contribution is -0.135. The molecular weight excluding hydrogens is 278 g/mol. The number of hydrogen-bond donors (Lipinski definition) is 1. The lowest BCUT2D eigenvalue weighted by Gasteiger charge is -2.38. The number of unbranched alkanes of at least 4 members (excludes halogenated alkanes) is 1. The highest BCUT2D eigenvalue weighted by Crippen LogP contribution is 2.19. The van der Waals surface area contributed by atoms with Crippen LogP contribution in [0.2, 0.25) is 0 Å². The van der Waals surface area contributed by atoms with Crippen molar-refractivity contribution in [3.63, 3.8) is 0 Å². The van der Waals surface area contributed by atoms with Crippen LogP contribution in [0.4, 0.5) is 0 Å². The second-order valence-corrected chi connectivity index (χ2v) is 6.68. The van der Waals surface area contributed by atoms with Gasteiger partial charge in [-0.05, 0) is 45.2 Å². The number of carbonyl (C=O) groups excluding carboxylic acids is 1. The Hall–Kier alpha value is -0.650. The molecule has 2 fully saturated rings. The van der Waals surface area contributed by atoms with Crippen molar-refractivity contribution in [2.24, 2.45) is 0 Å². The van der Waals surface area contributed by atoms with Crippen LogP contribution in [-0.2, 0) is 4.79 Å². The third kappa shape index (κ3) is 5.21. The van der Waals surface area contributed by atoms with Gasteiger partial charge in [0.1, 0.15) is 0 Å². The van der Waals surface area contributed by atoms with Gasteiger partial charge >= 0.3 is 0 Å². The van der Waals surface area contributed by atoms with Crippen LogP contribution in [0, 0.1) is 0 Å². The number of aliphatic hydroxyl groups is 1. The van der Waals surface area contributed by atoms with Crippen LogP contribution in [-0.4, -0.2) is 84.2 Å². The summed E-state index contributed by atoms with van der Waals surface area (Å²) in [5.74, 6) is 0.315. The van der Waals surface area contributed by atoms with Gasteiger partial charge in [0.15, 0.2) is 0 Å². The molecule has 2 aliphatic heterocycles. The number of rotatable bonds is 7. The topological polar surface area (TPSA) is 47.0 Å². The summed E-state index contributed by atoms with van der Waals surface area (Å²) >= 11 is 0. The summed E-state index contributed by atoms with van der Waals surface area (Å²) in [7, 11) is 0. The summed E-state index contributed by atoms with van der Waals surface area (Å²) in [6, 6.07) is 0.609. The predicted octanol–water partition coefficient (Wildman–Crippen LogP) is 1.17. The minimum atomic E-state index is 0.285. The zero-order valence-electron chi connectivity index (χ0n) is 14.2. The number of aliphatic hydroxyl groups excluding tert-OH is 1. The van der Waals surface area contributed by atoms with Crippen molar-refractivity contribution in [2.45, 2.75) is 51.5 Å². The van der Waals surface area contributed by atoms with Gasteiger partial charge < -0.3 is 10.0 Å². The summed E-state index contributed by atoms with van der Waals surface area (Å²) in [5, 5.41) is 8.83. The summed E-state index contributed by atoms with van der Waals surface area (Å²) in [6.07, 6.45) is 6.90. The van der Waals surface area contributed by atoms with Crippen LogP contribution in [0.15, 0.2) is 0 Å². The molecule has 1 amide bonds. The Bertz CT molecular complexity index is 330. The van der Waals surface area contributed by atoms with Crippen LogP contribution >= 0.6 is 0 Å². The largest absolute Gasteiger partial charge is 0.396 e. The monoisotopic (exact) mass is 311 g/mol. The number of nitrogens with zero attached hydrogens (tertiary/aromatic N) is 3. The van der Waals surface area contributed by atoms with E-state index >= 15 is 0 Å². The molecule has 0 aromatic rings. The predicted molar refractivity (Wildman–Crippen MR) is 88.8 cm³/mol. The number of piperazine rings is 1. The van der Waals surface area contributed by atoms with E-state index in [2.05, 4.69) is 16.7 Å². The maximum absolute atomic E-state index is 12.5. The molecule has 0 radical (unpaired) electrons. The average Bonchev–Trinajstić information content (AvgIpc) is 2.56. The van der Waals surface area contributed by atoms with E-state index in [1.807, 2.05) is 4.90 Å². The van der Waals surface area contributed by atoms with E-state index in [0.29, 0.717) is 18.5 Å². The maximum Gasteiger partial charge on any atom is 0.236 e. The zero-order chi connectivity index (χ0) is 15.8. The molecule has 0 aromatic carbocycles. The van der Waals surface area contributed by atoms with Crippen LogP contribution in [0.5, 0.6) is 0 Å². The molecular formula is C17H33N3O2. The molecule has 128 valence electrons. The van der Waals surface area contributed by atoms with Crippen LogP contribution < -0.4 is 0 Å². The number of piperidine rings is 1. The van der Waals surface area contributed by atoms with E-state index in [4.69, 9.17) is 5.11 Å². The third-order valence-corrected chi connectivity index (χ3v) is 5.17. The van der Waals surface area contributed by atoms with E-state index < -0.39 is 0 Å². The third-order valence-electron chi connectivity index (χ3n) is 5.17. The van der Waals surface area contributed by atoms with Gasteiger partial charge in [0.25, 0.3) is 0 Å². The normalized spacial score (nSPS) is 24.6. The standard InChI is InChI=1S/C17H33N3O2/c1-2-16-7-3-4-9-20(16)15-17(22)19-12-10-18(11-13-19)8-5-6-14-21/h16,21H,2-15H2,1H3/t16-/m0/s1. The minimum Gasteiger partial charge on any atom is -0.396 e. The molecule has 0 spiro atoms. The molecule has 5 nitrogen and oxygen atoms in total. The first-order valence-electron chi connectivity index (χ1n) is 9.09. The van der Waals surface area contributed by atoms with Gasteiger partial charge in [0, 0.05) is 38.8 Å². The fraction of sp³-hybridized carbons (Fsp3) is 0.941. The van der Waals surface area contributed by atoms with Crippen molar-refractivity contribution < 1.29 is 9.90 Å². The maximum atomic E-state index is 12.5. The highest BCUT2D eigenvalue weighted by atomic mass is 16.2. The zero-order valence-corrected chi connectivity index (χ0v) is 14.2. The Balaban J connectivity index is 1.70. The molecule has 22 heavy (non-hydrogen) atoms. The van der Waals surface area contributed by atoms with Crippen LogP contribution in [0.25, 0.3) is 0 Å². The van der Waals surface area contributed by atoms with Gasteiger partial charge in [0.05, 0.1) is 6.54 Å². The fourth-order valence-corrected chi connectivity index (χ4v) is 3.67. The van der Waals surface area contributed by atoms with Crippen molar-refractivity contribution in [3.8, 4) is 0 Å². The van der Waals surface area contributed by atoms with Gasteiger partial charge in [-0.1, -0.05) is 13.3 Å². The summed E-state index contributed by atoms with van der Waals surface area (Å²) in [6.45, 7) is 8.96. The van der Waals surface area contributed by atoms with E-state index in [9.17, 15) is 4.79 Å². The van der Waals surface area contributed by atoms with Crippen molar-refractivity contribution in [1.82, 2.24) is 14.7 Å². The Morgan fingerprint density at radius 3 is 2.55 bits per heavy atom. The van der Waals surface area contributed by atoms with E-state index in [1.165, 1.54) is 19.3 Å². The van der Waals surface area contributed by atoms with Gasteiger partial charge in [-0.25, -0.2) is 0 Å². The smallest absolute Gasteiger partial charge is 0.236 e. The van der Waals surface area contributed by atoms with Crippen molar-refractivity contribution in [1.29, 1.82) is 0 Å².